The third-order valence-corrected chi connectivity index (χ3v) is 6.13. The number of ether oxygens (including phenoxy) is 1. The second-order valence-corrected chi connectivity index (χ2v) is 8.20. The van der Waals surface area contributed by atoms with Crippen molar-refractivity contribution in [2.75, 3.05) is 26.2 Å². The largest absolute Gasteiger partial charge is 0.490 e. The van der Waals surface area contributed by atoms with Crippen LogP contribution in [0.5, 0.6) is 5.75 Å². The van der Waals surface area contributed by atoms with Gasteiger partial charge in [-0.05, 0) is 67.7 Å². The number of hydrogen-bond acceptors (Lipinski definition) is 4. The van der Waals surface area contributed by atoms with Crippen molar-refractivity contribution in [2.24, 2.45) is 0 Å². The highest BCUT2D eigenvalue weighted by Crippen LogP contribution is 2.29. The molecule has 1 atom stereocenters. The number of aromatic amines is 1. The summed E-state index contributed by atoms with van der Waals surface area (Å²) >= 11 is 0. The highest BCUT2D eigenvalue weighted by atomic mass is 16.5. The summed E-state index contributed by atoms with van der Waals surface area (Å²) in [5.74, 6) is 1.35. The quantitative estimate of drug-likeness (QED) is 0.505. The molecular formula is C25H27N3O2. The van der Waals surface area contributed by atoms with Crippen LogP contribution in [0.2, 0.25) is 0 Å². The standard InChI is InChI=1S/C25H27N3O2/c29-21(17-30-25-7-3-6-24-22(25)8-11-26-24)16-28-12-9-18(10-13-28)20-14-19-4-1-2-5-23(19)27-15-20/h1-8,11,14-15,18,21,26,29H,9-10,12-13,16-17H2/t21-/m0/s1. The van der Waals surface area contributed by atoms with E-state index >= 15 is 0 Å². The third kappa shape index (κ3) is 4.04. The van der Waals surface area contributed by atoms with E-state index in [1.165, 1.54) is 10.9 Å². The molecule has 2 aromatic carbocycles. The summed E-state index contributed by atoms with van der Waals surface area (Å²) in [6, 6.07) is 18.5. The van der Waals surface area contributed by atoms with Crippen LogP contribution >= 0.6 is 0 Å². The van der Waals surface area contributed by atoms with Crippen LogP contribution in [0.4, 0.5) is 0 Å². The first-order chi connectivity index (χ1) is 14.8. The number of piperidine rings is 1. The molecule has 1 fully saturated rings. The maximum absolute atomic E-state index is 10.5. The molecule has 1 aliphatic heterocycles. The van der Waals surface area contributed by atoms with Crippen molar-refractivity contribution in [3.05, 3.63) is 72.6 Å². The summed E-state index contributed by atoms with van der Waals surface area (Å²) in [7, 11) is 0. The molecule has 3 heterocycles. The van der Waals surface area contributed by atoms with Gasteiger partial charge in [-0.3, -0.25) is 4.98 Å². The van der Waals surface area contributed by atoms with Crippen molar-refractivity contribution in [2.45, 2.75) is 24.9 Å². The zero-order chi connectivity index (χ0) is 20.3. The first-order valence-electron chi connectivity index (χ1n) is 10.7. The SMILES string of the molecule is O[C@H](COc1cccc2[nH]ccc12)CN1CCC(c2cnc3ccccc3c2)CC1. The van der Waals surface area contributed by atoms with Crippen molar-refractivity contribution < 1.29 is 9.84 Å². The second-order valence-electron chi connectivity index (χ2n) is 8.20. The molecule has 1 aliphatic rings. The Morgan fingerprint density at radius 2 is 1.97 bits per heavy atom. The number of pyridine rings is 1. The second kappa shape index (κ2) is 8.46. The Morgan fingerprint density at radius 3 is 2.87 bits per heavy atom. The number of aliphatic hydroxyl groups is 1. The number of para-hydroxylation sites is 1. The zero-order valence-electron chi connectivity index (χ0n) is 17.0. The van der Waals surface area contributed by atoms with E-state index in [2.05, 4.69) is 39.1 Å². The first-order valence-corrected chi connectivity index (χ1v) is 10.7. The average Bonchev–Trinajstić information content (AvgIpc) is 3.27. The number of H-pyrrole nitrogens is 1. The molecule has 0 unspecified atom stereocenters. The fourth-order valence-electron chi connectivity index (χ4n) is 4.48. The molecule has 5 rings (SSSR count). The van der Waals surface area contributed by atoms with Crippen LogP contribution < -0.4 is 4.74 Å². The van der Waals surface area contributed by atoms with E-state index in [4.69, 9.17) is 4.74 Å². The molecule has 30 heavy (non-hydrogen) atoms. The number of fused-ring (bicyclic) bond motifs is 2. The number of hydrogen-bond donors (Lipinski definition) is 2. The molecule has 2 N–H and O–H groups in total. The molecule has 2 aromatic heterocycles. The van der Waals surface area contributed by atoms with Crippen molar-refractivity contribution in [1.82, 2.24) is 14.9 Å². The molecule has 0 bridgehead atoms. The van der Waals surface area contributed by atoms with Gasteiger partial charge in [0.2, 0.25) is 0 Å². The summed E-state index contributed by atoms with van der Waals surface area (Å²) in [5, 5.41) is 12.8. The van der Waals surface area contributed by atoms with Gasteiger partial charge in [0.1, 0.15) is 18.5 Å². The molecule has 1 saturated heterocycles. The van der Waals surface area contributed by atoms with Gasteiger partial charge < -0.3 is 19.7 Å². The van der Waals surface area contributed by atoms with Gasteiger partial charge in [0.15, 0.2) is 0 Å². The normalized spacial score (nSPS) is 16.8. The van der Waals surface area contributed by atoms with Crippen LogP contribution in [-0.4, -0.2) is 52.3 Å². The Labute approximate surface area is 176 Å². The topological polar surface area (TPSA) is 61.4 Å². The van der Waals surface area contributed by atoms with Crippen molar-refractivity contribution in [3.8, 4) is 5.75 Å². The van der Waals surface area contributed by atoms with Crippen LogP contribution in [-0.2, 0) is 0 Å². The number of likely N-dealkylation sites (tertiary alicyclic amines) is 1. The third-order valence-electron chi connectivity index (χ3n) is 6.13. The Kier molecular flexibility index (Phi) is 5.39. The molecule has 0 spiro atoms. The number of nitrogens with zero attached hydrogens (tertiary/aromatic N) is 2. The zero-order valence-corrected chi connectivity index (χ0v) is 17.0. The maximum Gasteiger partial charge on any atom is 0.128 e. The van der Waals surface area contributed by atoms with Gasteiger partial charge in [0.25, 0.3) is 0 Å². The van der Waals surface area contributed by atoms with Gasteiger partial charge in [0, 0.05) is 35.2 Å². The summed E-state index contributed by atoms with van der Waals surface area (Å²) in [6.45, 7) is 2.93. The fourth-order valence-corrected chi connectivity index (χ4v) is 4.48. The van der Waals surface area contributed by atoms with Crippen LogP contribution in [0.25, 0.3) is 21.8 Å². The highest BCUT2D eigenvalue weighted by molar-refractivity contribution is 5.85. The number of aromatic nitrogens is 2. The van der Waals surface area contributed by atoms with Crippen LogP contribution in [0.1, 0.15) is 24.3 Å². The smallest absolute Gasteiger partial charge is 0.128 e. The van der Waals surface area contributed by atoms with Crippen LogP contribution in [0, 0.1) is 0 Å². The predicted molar refractivity (Wildman–Crippen MR) is 120 cm³/mol. The lowest BCUT2D eigenvalue weighted by atomic mass is 9.89. The molecular weight excluding hydrogens is 374 g/mol. The maximum atomic E-state index is 10.5. The lowest BCUT2D eigenvalue weighted by Gasteiger charge is -2.33. The average molecular weight is 402 g/mol. The van der Waals surface area contributed by atoms with Gasteiger partial charge in [-0.2, -0.15) is 0 Å². The number of benzene rings is 2. The molecule has 0 radical (unpaired) electrons. The van der Waals surface area contributed by atoms with E-state index in [0.29, 0.717) is 19.1 Å². The fraction of sp³-hybridized carbons (Fsp3) is 0.320. The summed E-state index contributed by atoms with van der Waals surface area (Å²) in [5.41, 5.74) is 3.43. The minimum atomic E-state index is -0.502. The minimum absolute atomic E-state index is 0.304. The van der Waals surface area contributed by atoms with Gasteiger partial charge in [-0.15, -0.1) is 0 Å². The van der Waals surface area contributed by atoms with Gasteiger partial charge in [0.05, 0.1) is 5.52 Å². The first kappa shape index (κ1) is 19.1. The summed E-state index contributed by atoms with van der Waals surface area (Å²) < 4.78 is 5.91. The molecule has 5 heteroatoms. The number of aliphatic hydroxyl groups excluding tert-OH is 1. The molecule has 5 nitrogen and oxygen atoms in total. The van der Waals surface area contributed by atoms with Crippen molar-refractivity contribution in [3.63, 3.8) is 0 Å². The van der Waals surface area contributed by atoms with Crippen LogP contribution in [0.15, 0.2) is 67.0 Å². The van der Waals surface area contributed by atoms with E-state index < -0.39 is 6.10 Å². The summed E-state index contributed by atoms with van der Waals surface area (Å²) in [4.78, 5) is 10.2. The Hall–Kier alpha value is -2.89. The number of nitrogens with one attached hydrogen (secondary N) is 1. The van der Waals surface area contributed by atoms with Gasteiger partial charge in [-0.1, -0.05) is 24.3 Å². The monoisotopic (exact) mass is 401 g/mol. The lowest BCUT2D eigenvalue weighted by molar-refractivity contribution is 0.0599. The number of β-amino-alcohol motifs (C(OH)–C–C–N with tert-alkyl or cyclic N) is 1. The van der Waals surface area contributed by atoms with Crippen LogP contribution in [0.3, 0.4) is 0 Å². The predicted octanol–water partition coefficient (Wildman–Crippen LogP) is 4.34. The van der Waals surface area contributed by atoms with Crippen molar-refractivity contribution >= 4 is 21.8 Å². The van der Waals surface area contributed by atoms with E-state index in [1.54, 1.807) is 0 Å². The van der Waals surface area contributed by atoms with E-state index in [1.807, 2.05) is 42.7 Å². The van der Waals surface area contributed by atoms with Gasteiger partial charge in [-0.25, -0.2) is 0 Å². The minimum Gasteiger partial charge on any atom is -0.490 e. The molecule has 0 amide bonds. The van der Waals surface area contributed by atoms with Gasteiger partial charge >= 0.3 is 0 Å². The Balaban J connectivity index is 1.13. The van der Waals surface area contributed by atoms with E-state index in [0.717, 1.165) is 48.1 Å². The molecule has 0 saturated carbocycles. The van der Waals surface area contributed by atoms with E-state index in [-0.39, 0.29) is 0 Å². The molecule has 0 aliphatic carbocycles. The Morgan fingerprint density at radius 1 is 1.10 bits per heavy atom. The number of rotatable bonds is 6. The molecule has 4 aromatic rings. The lowest BCUT2D eigenvalue weighted by Crippen LogP contribution is -2.40. The highest BCUT2D eigenvalue weighted by Gasteiger charge is 2.23. The Bertz CT molecular complexity index is 1130. The molecule has 154 valence electrons. The summed E-state index contributed by atoms with van der Waals surface area (Å²) in [6.07, 6.45) is 5.63. The van der Waals surface area contributed by atoms with Crippen molar-refractivity contribution in [1.29, 1.82) is 0 Å². The van der Waals surface area contributed by atoms with E-state index in [9.17, 15) is 5.11 Å².